The van der Waals surface area contributed by atoms with Crippen LogP contribution in [0.4, 0.5) is 35.1 Å². The van der Waals surface area contributed by atoms with E-state index >= 15 is 0 Å². The molecule has 0 fully saturated rings. The first-order valence-electron chi connectivity index (χ1n) is 9.59. The van der Waals surface area contributed by atoms with Crippen molar-refractivity contribution in [1.82, 2.24) is 0 Å². The van der Waals surface area contributed by atoms with Gasteiger partial charge in [-0.3, -0.25) is 9.11 Å². The maximum atomic E-state index is 14.5. The van der Waals surface area contributed by atoms with Crippen LogP contribution in [-0.2, 0) is 33.1 Å². The Hall–Kier alpha value is -2.30. The second-order valence-electron chi connectivity index (χ2n) is 8.08. The van der Waals surface area contributed by atoms with Gasteiger partial charge in [0.15, 0.2) is 0 Å². The highest BCUT2D eigenvalue weighted by Gasteiger charge is 2.80. The molecule has 0 atom stereocenters. The summed E-state index contributed by atoms with van der Waals surface area (Å²) in [5.74, 6) is -25.6. The van der Waals surface area contributed by atoms with Crippen molar-refractivity contribution >= 4 is 20.2 Å². The molecule has 0 radical (unpaired) electrons. The van der Waals surface area contributed by atoms with Crippen molar-refractivity contribution in [3.8, 4) is 0 Å². The van der Waals surface area contributed by atoms with Gasteiger partial charge >= 0.3 is 23.7 Å². The lowest BCUT2D eigenvalue weighted by atomic mass is 9.90. The molecule has 16 heteroatoms. The van der Waals surface area contributed by atoms with Crippen LogP contribution in [0, 0.1) is 13.8 Å². The van der Waals surface area contributed by atoms with Gasteiger partial charge in [-0.05, 0) is 37.1 Å². The van der Waals surface area contributed by atoms with Crippen LogP contribution in [0.15, 0.2) is 46.2 Å². The Morgan fingerprint density at radius 1 is 0.611 bits per heavy atom. The van der Waals surface area contributed by atoms with Gasteiger partial charge in [0, 0.05) is 12.8 Å². The van der Waals surface area contributed by atoms with E-state index in [1.54, 1.807) is 0 Å². The summed E-state index contributed by atoms with van der Waals surface area (Å²) in [6, 6.07) is 4.15. The SMILES string of the molecule is Cc1ccc(S(=O)(=O)O)c(CC(F)(F)C(F)(F)C(F)(F)C(F)(F)Cc2cc(C)ccc2S(=O)(=O)O)c1. The smallest absolute Gasteiger partial charge is 0.282 e. The summed E-state index contributed by atoms with van der Waals surface area (Å²) < 4.78 is 180. The van der Waals surface area contributed by atoms with E-state index < -0.39 is 77.7 Å². The molecule has 202 valence electrons. The van der Waals surface area contributed by atoms with Crippen molar-refractivity contribution in [3.05, 3.63) is 58.7 Å². The Balaban J connectivity index is 2.56. The molecular formula is C20H18F8O6S2. The number of aryl methyl sites for hydroxylation is 2. The predicted octanol–water partition coefficient (Wildman–Crippen LogP) is 5.12. The molecule has 2 aromatic rings. The van der Waals surface area contributed by atoms with Crippen molar-refractivity contribution in [2.75, 3.05) is 0 Å². The molecular weight excluding hydrogens is 552 g/mol. The van der Waals surface area contributed by atoms with Crippen LogP contribution in [0.2, 0.25) is 0 Å². The Morgan fingerprint density at radius 3 is 1.14 bits per heavy atom. The van der Waals surface area contributed by atoms with Crippen LogP contribution in [0.1, 0.15) is 22.3 Å². The van der Waals surface area contributed by atoms with Gasteiger partial charge in [0.2, 0.25) is 0 Å². The zero-order chi connectivity index (χ0) is 28.1. The second kappa shape index (κ2) is 9.22. The summed E-state index contributed by atoms with van der Waals surface area (Å²) >= 11 is 0. The third-order valence-corrected chi connectivity index (χ3v) is 7.03. The molecule has 0 aliphatic rings. The number of hydrogen-bond donors (Lipinski definition) is 2. The van der Waals surface area contributed by atoms with Crippen molar-refractivity contribution < 1.29 is 61.1 Å². The average Bonchev–Trinajstić information content (AvgIpc) is 2.64. The lowest BCUT2D eigenvalue weighted by Crippen LogP contribution is -2.63. The zero-order valence-electron chi connectivity index (χ0n) is 18.2. The van der Waals surface area contributed by atoms with E-state index in [0.29, 0.717) is 24.3 Å². The van der Waals surface area contributed by atoms with Crippen molar-refractivity contribution in [2.45, 2.75) is 60.2 Å². The molecule has 0 amide bonds. The highest BCUT2D eigenvalue weighted by Crippen LogP contribution is 2.54. The normalized spacial score (nSPS) is 14.2. The molecule has 0 aliphatic carbocycles. The lowest BCUT2D eigenvalue weighted by Gasteiger charge is -2.37. The minimum atomic E-state index is -6.81. The molecule has 0 aliphatic heterocycles. The van der Waals surface area contributed by atoms with Crippen LogP contribution in [-0.4, -0.2) is 49.6 Å². The van der Waals surface area contributed by atoms with Crippen molar-refractivity contribution in [2.24, 2.45) is 0 Å². The summed E-state index contributed by atoms with van der Waals surface area (Å²) in [5, 5.41) is 0. The van der Waals surface area contributed by atoms with Gasteiger partial charge < -0.3 is 0 Å². The van der Waals surface area contributed by atoms with Gasteiger partial charge in [-0.15, -0.1) is 0 Å². The highest BCUT2D eigenvalue weighted by atomic mass is 32.2. The number of hydrogen-bond acceptors (Lipinski definition) is 4. The molecule has 36 heavy (non-hydrogen) atoms. The summed E-state index contributed by atoms with van der Waals surface area (Å²) in [7, 11) is -10.6. The molecule has 0 unspecified atom stereocenters. The number of benzene rings is 2. The van der Waals surface area contributed by atoms with E-state index in [4.69, 9.17) is 9.11 Å². The van der Waals surface area contributed by atoms with Crippen LogP contribution < -0.4 is 0 Å². The summed E-state index contributed by atoms with van der Waals surface area (Å²) in [4.78, 5) is -2.65. The number of rotatable bonds is 9. The standard InChI is InChI=1S/C20H18F8O6S2/c1-11-3-5-15(35(29,30)31)13(7-11)9-17(21,22)19(25,26)20(27,28)18(23,24)10-14-8-12(2)4-6-16(14)36(32,33)34/h3-8H,9-10H2,1-2H3,(H,29,30,31)(H,32,33,34). The van der Waals surface area contributed by atoms with E-state index in [2.05, 4.69) is 0 Å². The molecule has 2 N–H and O–H groups in total. The van der Waals surface area contributed by atoms with E-state index in [1.165, 1.54) is 13.8 Å². The fraction of sp³-hybridized carbons (Fsp3) is 0.400. The Bertz CT molecular complexity index is 1270. The zero-order valence-corrected chi connectivity index (χ0v) is 19.9. The van der Waals surface area contributed by atoms with Gasteiger partial charge in [-0.25, -0.2) is 0 Å². The monoisotopic (exact) mass is 570 g/mol. The molecule has 2 aromatic carbocycles. The number of alkyl halides is 8. The van der Waals surface area contributed by atoms with E-state index in [0.717, 1.165) is 12.1 Å². The fourth-order valence-electron chi connectivity index (χ4n) is 3.36. The maximum absolute atomic E-state index is 14.5. The number of halogens is 8. The minimum Gasteiger partial charge on any atom is -0.282 e. The summed E-state index contributed by atoms with van der Waals surface area (Å²) in [5.41, 5.74) is -2.50. The van der Waals surface area contributed by atoms with Gasteiger partial charge in [0.1, 0.15) is 0 Å². The van der Waals surface area contributed by atoms with Gasteiger partial charge in [0.25, 0.3) is 20.2 Å². The van der Waals surface area contributed by atoms with Crippen molar-refractivity contribution in [1.29, 1.82) is 0 Å². The molecule has 0 aromatic heterocycles. The second-order valence-corrected chi connectivity index (χ2v) is 10.9. The van der Waals surface area contributed by atoms with Crippen LogP contribution in [0.3, 0.4) is 0 Å². The topological polar surface area (TPSA) is 109 Å². The van der Waals surface area contributed by atoms with Crippen LogP contribution >= 0.6 is 0 Å². The quantitative estimate of drug-likeness (QED) is 0.320. The van der Waals surface area contributed by atoms with E-state index in [-0.39, 0.29) is 11.1 Å². The fourth-order valence-corrected chi connectivity index (χ4v) is 4.76. The predicted molar refractivity (Wildman–Crippen MR) is 109 cm³/mol. The van der Waals surface area contributed by atoms with E-state index in [9.17, 15) is 52.0 Å². The Labute approximate surface area is 200 Å². The van der Waals surface area contributed by atoms with Crippen LogP contribution in [0.25, 0.3) is 0 Å². The largest absolute Gasteiger partial charge is 0.378 e. The molecule has 0 saturated heterocycles. The highest BCUT2D eigenvalue weighted by molar-refractivity contribution is 7.86. The Kier molecular flexibility index (Phi) is 7.66. The first-order chi connectivity index (χ1) is 15.9. The Morgan fingerprint density at radius 2 is 0.889 bits per heavy atom. The lowest BCUT2D eigenvalue weighted by molar-refractivity contribution is -0.365. The van der Waals surface area contributed by atoms with Gasteiger partial charge in [-0.2, -0.15) is 52.0 Å². The first-order valence-corrected chi connectivity index (χ1v) is 12.5. The third-order valence-electron chi connectivity index (χ3n) is 5.13. The average molecular weight is 570 g/mol. The molecule has 0 bridgehead atoms. The molecule has 6 nitrogen and oxygen atoms in total. The first kappa shape index (κ1) is 29.9. The third kappa shape index (κ3) is 5.65. The van der Waals surface area contributed by atoms with Gasteiger partial charge in [-0.1, -0.05) is 35.4 Å². The maximum Gasteiger partial charge on any atom is 0.378 e. The molecule has 2 rings (SSSR count). The summed E-state index contributed by atoms with van der Waals surface area (Å²) in [6.07, 6.45) is -4.97. The van der Waals surface area contributed by atoms with Gasteiger partial charge in [0.05, 0.1) is 9.79 Å². The van der Waals surface area contributed by atoms with E-state index in [1.807, 2.05) is 0 Å². The minimum absolute atomic E-state index is 0.00852. The van der Waals surface area contributed by atoms with Crippen molar-refractivity contribution in [3.63, 3.8) is 0 Å². The molecule has 0 spiro atoms. The molecule has 0 saturated carbocycles. The summed E-state index contributed by atoms with van der Waals surface area (Å²) in [6.45, 7) is 2.37. The van der Waals surface area contributed by atoms with Crippen LogP contribution in [0.5, 0.6) is 0 Å². The molecule has 0 heterocycles.